The quantitative estimate of drug-likeness (QED) is 0.588. The Balaban J connectivity index is 1.71. The minimum atomic E-state index is 0.798. The average molecular weight is 281 g/mol. The summed E-state index contributed by atoms with van der Waals surface area (Å²) in [5.41, 5.74) is 2.30. The standard InChI is InChI=1S/C19H25N2/c1-2-3-4-5-6-7-9-12-17-15-20-19(21-16-17)18-13-10-8-11-14-18/h10-11,13-16H,2-7,9,12H2,1H3. The van der Waals surface area contributed by atoms with E-state index in [1.165, 1.54) is 50.5 Å². The highest BCUT2D eigenvalue weighted by Gasteiger charge is 2.00. The lowest BCUT2D eigenvalue weighted by Crippen LogP contribution is -1.93. The number of aryl methyl sites for hydroxylation is 1. The number of aromatic nitrogens is 2. The zero-order chi connectivity index (χ0) is 14.8. The number of unbranched alkanes of at least 4 members (excludes halogenated alkanes) is 6. The summed E-state index contributed by atoms with van der Waals surface area (Å²) >= 11 is 0. The third-order valence-corrected chi connectivity index (χ3v) is 3.75. The topological polar surface area (TPSA) is 25.8 Å². The summed E-state index contributed by atoms with van der Waals surface area (Å²) in [6, 6.07) is 10.8. The largest absolute Gasteiger partial charge is 0.236 e. The molecule has 0 unspecified atom stereocenters. The molecule has 0 saturated carbocycles. The van der Waals surface area contributed by atoms with Crippen molar-refractivity contribution in [2.75, 3.05) is 0 Å². The molecule has 0 atom stereocenters. The van der Waals surface area contributed by atoms with Crippen LogP contribution in [0.5, 0.6) is 0 Å². The first-order chi connectivity index (χ1) is 10.4. The van der Waals surface area contributed by atoms with Gasteiger partial charge in [0.15, 0.2) is 5.82 Å². The van der Waals surface area contributed by atoms with Crippen molar-refractivity contribution in [1.29, 1.82) is 0 Å². The third kappa shape index (κ3) is 5.66. The molecular formula is C19H25N2. The monoisotopic (exact) mass is 281 g/mol. The number of rotatable bonds is 9. The molecule has 0 fully saturated rings. The summed E-state index contributed by atoms with van der Waals surface area (Å²) in [5.74, 6) is 0.798. The number of hydrogen-bond acceptors (Lipinski definition) is 2. The molecule has 1 radical (unpaired) electrons. The Kier molecular flexibility index (Phi) is 6.93. The second-order valence-corrected chi connectivity index (χ2v) is 5.57. The van der Waals surface area contributed by atoms with E-state index >= 15 is 0 Å². The van der Waals surface area contributed by atoms with E-state index in [-0.39, 0.29) is 0 Å². The van der Waals surface area contributed by atoms with Gasteiger partial charge in [-0.2, -0.15) is 0 Å². The Bertz CT molecular complexity index is 491. The van der Waals surface area contributed by atoms with E-state index in [9.17, 15) is 0 Å². The predicted octanol–water partition coefficient (Wildman–Crippen LogP) is 5.24. The molecular weight excluding hydrogens is 256 g/mol. The van der Waals surface area contributed by atoms with Crippen molar-refractivity contribution in [2.24, 2.45) is 0 Å². The van der Waals surface area contributed by atoms with E-state index in [1.807, 2.05) is 36.7 Å². The highest BCUT2D eigenvalue weighted by Crippen LogP contribution is 2.14. The molecule has 2 aromatic rings. The summed E-state index contributed by atoms with van der Waals surface area (Å²) in [5, 5.41) is 0. The maximum absolute atomic E-state index is 4.46. The molecule has 1 aromatic heterocycles. The van der Waals surface area contributed by atoms with Crippen LogP contribution in [-0.2, 0) is 6.42 Å². The van der Waals surface area contributed by atoms with E-state index < -0.39 is 0 Å². The highest BCUT2D eigenvalue weighted by atomic mass is 14.9. The molecule has 0 N–H and O–H groups in total. The average Bonchev–Trinajstić information content (AvgIpc) is 2.55. The Morgan fingerprint density at radius 1 is 0.857 bits per heavy atom. The van der Waals surface area contributed by atoms with Gasteiger partial charge in [0, 0.05) is 18.0 Å². The van der Waals surface area contributed by atoms with Crippen LogP contribution in [0.15, 0.2) is 36.7 Å². The molecule has 21 heavy (non-hydrogen) atoms. The van der Waals surface area contributed by atoms with Crippen LogP contribution in [0.1, 0.15) is 57.4 Å². The van der Waals surface area contributed by atoms with Gasteiger partial charge in [-0.25, -0.2) is 9.97 Å². The van der Waals surface area contributed by atoms with Crippen LogP contribution in [0.25, 0.3) is 11.4 Å². The van der Waals surface area contributed by atoms with Crippen molar-refractivity contribution in [2.45, 2.75) is 58.3 Å². The first-order valence-corrected chi connectivity index (χ1v) is 8.17. The van der Waals surface area contributed by atoms with Crippen molar-refractivity contribution in [3.05, 3.63) is 48.3 Å². The fourth-order valence-corrected chi connectivity index (χ4v) is 2.46. The van der Waals surface area contributed by atoms with E-state index in [4.69, 9.17) is 0 Å². The van der Waals surface area contributed by atoms with Gasteiger partial charge in [-0.3, -0.25) is 0 Å². The van der Waals surface area contributed by atoms with Gasteiger partial charge >= 0.3 is 0 Å². The number of nitrogens with zero attached hydrogens (tertiary/aromatic N) is 2. The molecule has 1 heterocycles. The van der Waals surface area contributed by atoms with Crippen LogP contribution in [-0.4, -0.2) is 9.97 Å². The molecule has 0 aliphatic carbocycles. The Morgan fingerprint density at radius 3 is 2.14 bits per heavy atom. The number of hydrogen-bond donors (Lipinski definition) is 0. The predicted molar refractivity (Wildman–Crippen MR) is 88.0 cm³/mol. The Morgan fingerprint density at radius 2 is 1.48 bits per heavy atom. The molecule has 2 heteroatoms. The Labute approximate surface area is 128 Å². The highest BCUT2D eigenvalue weighted by molar-refractivity contribution is 5.53. The smallest absolute Gasteiger partial charge is 0.159 e. The van der Waals surface area contributed by atoms with E-state index in [0.717, 1.165) is 17.8 Å². The van der Waals surface area contributed by atoms with Crippen LogP contribution >= 0.6 is 0 Å². The van der Waals surface area contributed by atoms with Gasteiger partial charge < -0.3 is 0 Å². The maximum atomic E-state index is 4.46. The molecule has 0 aliphatic heterocycles. The zero-order valence-corrected chi connectivity index (χ0v) is 13.0. The van der Waals surface area contributed by atoms with Crippen molar-refractivity contribution in [1.82, 2.24) is 9.97 Å². The zero-order valence-electron chi connectivity index (χ0n) is 13.0. The van der Waals surface area contributed by atoms with Crippen LogP contribution in [0.4, 0.5) is 0 Å². The molecule has 2 rings (SSSR count). The normalized spacial score (nSPS) is 10.7. The van der Waals surface area contributed by atoms with E-state index in [2.05, 4.69) is 23.0 Å². The van der Waals surface area contributed by atoms with E-state index in [0.29, 0.717) is 0 Å². The van der Waals surface area contributed by atoms with Gasteiger partial charge in [0.25, 0.3) is 0 Å². The van der Waals surface area contributed by atoms with Crippen molar-refractivity contribution in [3.63, 3.8) is 0 Å². The summed E-state index contributed by atoms with van der Waals surface area (Å²) in [6.45, 7) is 2.26. The van der Waals surface area contributed by atoms with Crippen molar-refractivity contribution >= 4 is 0 Å². The third-order valence-electron chi connectivity index (χ3n) is 3.75. The first kappa shape index (κ1) is 15.7. The summed E-state index contributed by atoms with van der Waals surface area (Å²) in [4.78, 5) is 8.93. The van der Waals surface area contributed by atoms with Gasteiger partial charge in [0.2, 0.25) is 0 Å². The molecule has 0 spiro atoms. The second kappa shape index (κ2) is 9.28. The maximum Gasteiger partial charge on any atom is 0.159 e. The lowest BCUT2D eigenvalue weighted by atomic mass is 10.1. The van der Waals surface area contributed by atoms with Crippen LogP contribution < -0.4 is 0 Å². The summed E-state index contributed by atoms with van der Waals surface area (Å²) in [7, 11) is 0. The van der Waals surface area contributed by atoms with Gasteiger partial charge in [0.05, 0.1) is 0 Å². The molecule has 0 saturated heterocycles. The lowest BCUT2D eigenvalue weighted by molar-refractivity contribution is 0.589. The van der Waals surface area contributed by atoms with Crippen molar-refractivity contribution in [3.8, 4) is 11.4 Å². The van der Waals surface area contributed by atoms with Gasteiger partial charge in [-0.15, -0.1) is 0 Å². The van der Waals surface area contributed by atoms with Gasteiger partial charge in [0.1, 0.15) is 0 Å². The lowest BCUT2D eigenvalue weighted by Gasteiger charge is -2.03. The molecule has 111 valence electrons. The first-order valence-electron chi connectivity index (χ1n) is 8.17. The molecule has 1 aromatic carbocycles. The molecule has 0 amide bonds. The van der Waals surface area contributed by atoms with Gasteiger partial charge in [-0.1, -0.05) is 69.7 Å². The second-order valence-electron chi connectivity index (χ2n) is 5.57. The van der Waals surface area contributed by atoms with Crippen molar-refractivity contribution < 1.29 is 0 Å². The van der Waals surface area contributed by atoms with Gasteiger partial charge in [-0.05, 0) is 24.5 Å². The Hall–Kier alpha value is -1.70. The van der Waals surface area contributed by atoms with Crippen LogP contribution in [0, 0.1) is 6.07 Å². The minimum Gasteiger partial charge on any atom is -0.236 e. The van der Waals surface area contributed by atoms with Crippen LogP contribution in [0.2, 0.25) is 0 Å². The SMILES string of the molecule is CCCCCCCCCc1cnc(-c2cc[c]cc2)nc1. The summed E-state index contributed by atoms with van der Waals surface area (Å²) < 4.78 is 0. The number of benzene rings is 1. The van der Waals surface area contributed by atoms with Crippen LogP contribution in [0.3, 0.4) is 0 Å². The molecule has 0 aliphatic rings. The molecule has 0 bridgehead atoms. The van der Waals surface area contributed by atoms with E-state index in [1.54, 1.807) is 0 Å². The summed E-state index contributed by atoms with van der Waals surface area (Å²) in [6.07, 6.45) is 14.4. The minimum absolute atomic E-state index is 0.798. The molecule has 2 nitrogen and oxygen atoms in total. The fourth-order valence-electron chi connectivity index (χ4n) is 2.46. The fraction of sp³-hybridized carbons (Fsp3) is 0.474.